The highest BCUT2D eigenvalue weighted by atomic mass is 16.5. The number of amides is 1. The number of hydrogen-bond donors (Lipinski definition) is 2. The minimum absolute atomic E-state index is 0.0205. The first-order valence-electron chi connectivity index (χ1n) is 10.0. The maximum atomic E-state index is 12.4. The molecule has 1 amide bonds. The van der Waals surface area contributed by atoms with Crippen LogP contribution in [0.3, 0.4) is 0 Å². The Balaban J connectivity index is 1.40. The highest BCUT2D eigenvalue weighted by Crippen LogP contribution is 2.44. The average Bonchev–Trinajstić information content (AvgIpc) is 2.88. The maximum Gasteiger partial charge on any atom is 0.407 e. The molecule has 1 unspecified atom stereocenters. The summed E-state index contributed by atoms with van der Waals surface area (Å²) in [5, 5.41) is 12.4. The van der Waals surface area contributed by atoms with Gasteiger partial charge in [0.15, 0.2) is 0 Å². The van der Waals surface area contributed by atoms with E-state index in [-0.39, 0.29) is 19.1 Å². The van der Waals surface area contributed by atoms with E-state index in [1.807, 2.05) is 24.3 Å². The van der Waals surface area contributed by atoms with Gasteiger partial charge in [-0.3, -0.25) is 4.79 Å². The van der Waals surface area contributed by atoms with Crippen molar-refractivity contribution in [3.63, 3.8) is 0 Å². The van der Waals surface area contributed by atoms with E-state index < -0.39 is 17.5 Å². The van der Waals surface area contributed by atoms with Crippen LogP contribution in [0.25, 0.3) is 11.1 Å². The number of aliphatic carboxylic acids is 1. The number of carbonyl (C=O) groups is 2. The summed E-state index contributed by atoms with van der Waals surface area (Å²) >= 11 is 0. The molecular weight excluding hydrogens is 370 g/mol. The lowest BCUT2D eigenvalue weighted by Crippen LogP contribution is -2.43. The molecule has 1 heterocycles. The predicted molar refractivity (Wildman–Crippen MR) is 108 cm³/mol. The average molecular weight is 395 g/mol. The molecule has 6 heteroatoms. The van der Waals surface area contributed by atoms with Crippen LogP contribution in [0.4, 0.5) is 4.79 Å². The van der Waals surface area contributed by atoms with Crippen molar-refractivity contribution in [2.24, 2.45) is 5.41 Å². The minimum atomic E-state index is -0.998. The molecule has 0 saturated carbocycles. The predicted octanol–water partition coefficient (Wildman–Crippen LogP) is 3.80. The molecule has 2 aromatic rings. The number of hydrogen-bond acceptors (Lipinski definition) is 4. The smallest absolute Gasteiger partial charge is 0.407 e. The summed E-state index contributed by atoms with van der Waals surface area (Å²) in [6, 6.07) is 16.3. The SMILES string of the molecule is O=C(NCC1(C(=O)O)CCCOCC1)OCC1c2ccccc2-c2ccccc21. The van der Waals surface area contributed by atoms with Crippen LogP contribution in [-0.2, 0) is 14.3 Å². The van der Waals surface area contributed by atoms with Gasteiger partial charge in [0.25, 0.3) is 0 Å². The number of nitrogens with one attached hydrogen (secondary N) is 1. The zero-order chi connectivity index (χ0) is 20.3. The van der Waals surface area contributed by atoms with Gasteiger partial charge in [-0.2, -0.15) is 0 Å². The number of carbonyl (C=O) groups excluding carboxylic acids is 1. The topological polar surface area (TPSA) is 84.9 Å². The van der Waals surface area contributed by atoms with Crippen molar-refractivity contribution in [3.05, 3.63) is 59.7 Å². The van der Waals surface area contributed by atoms with E-state index in [1.165, 1.54) is 11.1 Å². The summed E-state index contributed by atoms with van der Waals surface area (Å²) in [5.41, 5.74) is 3.62. The van der Waals surface area contributed by atoms with Crippen LogP contribution in [0.5, 0.6) is 0 Å². The monoisotopic (exact) mass is 395 g/mol. The molecule has 0 spiro atoms. The number of rotatable bonds is 5. The Morgan fingerprint density at radius 2 is 1.69 bits per heavy atom. The second-order valence-electron chi connectivity index (χ2n) is 7.73. The molecule has 152 valence electrons. The lowest BCUT2D eigenvalue weighted by molar-refractivity contribution is -0.149. The van der Waals surface area contributed by atoms with E-state index in [1.54, 1.807) is 0 Å². The van der Waals surface area contributed by atoms with Crippen LogP contribution in [0.2, 0.25) is 0 Å². The zero-order valence-electron chi connectivity index (χ0n) is 16.2. The number of ether oxygens (including phenoxy) is 2. The number of fused-ring (bicyclic) bond motifs is 3. The van der Waals surface area contributed by atoms with Gasteiger partial charge in [-0.15, -0.1) is 0 Å². The third kappa shape index (κ3) is 3.85. The molecule has 1 aliphatic carbocycles. The van der Waals surface area contributed by atoms with Crippen LogP contribution >= 0.6 is 0 Å². The van der Waals surface area contributed by atoms with Gasteiger partial charge >= 0.3 is 12.1 Å². The summed E-state index contributed by atoms with van der Waals surface area (Å²) in [4.78, 5) is 24.2. The molecule has 1 saturated heterocycles. The minimum Gasteiger partial charge on any atom is -0.481 e. The summed E-state index contributed by atoms with van der Waals surface area (Å²) in [6.45, 7) is 1.20. The Hall–Kier alpha value is -2.86. The second kappa shape index (κ2) is 8.25. The van der Waals surface area contributed by atoms with Gasteiger partial charge in [-0.05, 0) is 41.5 Å². The normalized spacial score (nSPS) is 21.0. The van der Waals surface area contributed by atoms with Crippen LogP contribution in [-0.4, -0.2) is 43.5 Å². The van der Waals surface area contributed by atoms with E-state index in [0.29, 0.717) is 32.5 Å². The van der Waals surface area contributed by atoms with E-state index >= 15 is 0 Å². The lowest BCUT2D eigenvalue weighted by atomic mass is 9.80. The quantitative estimate of drug-likeness (QED) is 0.804. The van der Waals surface area contributed by atoms with Crippen molar-refractivity contribution in [2.45, 2.75) is 25.2 Å². The molecule has 1 fully saturated rings. The Labute approximate surface area is 169 Å². The lowest BCUT2D eigenvalue weighted by Gasteiger charge is -2.27. The maximum absolute atomic E-state index is 12.4. The van der Waals surface area contributed by atoms with E-state index in [4.69, 9.17) is 9.47 Å². The summed E-state index contributed by atoms with van der Waals surface area (Å²) in [5.74, 6) is -0.921. The van der Waals surface area contributed by atoms with Crippen molar-refractivity contribution in [1.29, 1.82) is 0 Å². The van der Waals surface area contributed by atoms with Crippen LogP contribution in [0.15, 0.2) is 48.5 Å². The fourth-order valence-corrected chi connectivity index (χ4v) is 4.36. The molecule has 2 aromatic carbocycles. The molecule has 6 nitrogen and oxygen atoms in total. The van der Waals surface area contributed by atoms with Crippen LogP contribution in [0, 0.1) is 5.41 Å². The van der Waals surface area contributed by atoms with Gasteiger partial charge in [0, 0.05) is 25.7 Å². The zero-order valence-corrected chi connectivity index (χ0v) is 16.2. The van der Waals surface area contributed by atoms with E-state index in [0.717, 1.165) is 11.1 Å². The fourth-order valence-electron chi connectivity index (χ4n) is 4.36. The Morgan fingerprint density at radius 1 is 1.03 bits per heavy atom. The van der Waals surface area contributed by atoms with Crippen LogP contribution < -0.4 is 5.32 Å². The molecule has 0 radical (unpaired) electrons. The second-order valence-corrected chi connectivity index (χ2v) is 7.73. The van der Waals surface area contributed by atoms with Crippen LogP contribution in [0.1, 0.15) is 36.3 Å². The van der Waals surface area contributed by atoms with Gasteiger partial charge in [-0.1, -0.05) is 48.5 Å². The number of benzene rings is 2. The number of alkyl carbamates (subject to hydrolysis) is 1. The van der Waals surface area contributed by atoms with Gasteiger partial charge < -0.3 is 19.9 Å². The molecule has 29 heavy (non-hydrogen) atoms. The highest BCUT2D eigenvalue weighted by molar-refractivity contribution is 5.79. The first-order valence-corrected chi connectivity index (χ1v) is 10.0. The number of carboxylic acid groups (broad SMARTS) is 1. The molecule has 0 aromatic heterocycles. The van der Waals surface area contributed by atoms with E-state index in [2.05, 4.69) is 29.6 Å². The third-order valence-corrected chi connectivity index (χ3v) is 6.04. The number of carboxylic acids is 1. The van der Waals surface area contributed by atoms with E-state index in [9.17, 15) is 14.7 Å². The first kappa shape index (κ1) is 19.5. The molecular formula is C23H25NO5. The molecule has 1 atom stereocenters. The summed E-state index contributed by atoms with van der Waals surface area (Å²) in [7, 11) is 0. The van der Waals surface area contributed by atoms with Crippen molar-refractivity contribution < 1.29 is 24.2 Å². The molecule has 0 bridgehead atoms. The van der Waals surface area contributed by atoms with Gasteiger partial charge in [-0.25, -0.2) is 4.79 Å². The van der Waals surface area contributed by atoms with Gasteiger partial charge in [0.2, 0.25) is 0 Å². The summed E-state index contributed by atoms with van der Waals surface area (Å²) in [6.07, 6.45) is 0.939. The first-order chi connectivity index (χ1) is 14.1. The molecule has 2 N–H and O–H groups in total. The standard InChI is InChI=1S/C23H25NO5/c25-21(26)23(10-5-12-28-13-11-23)15-24-22(27)29-14-20-18-8-3-1-6-16(18)17-7-2-4-9-19(17)20/h1-4,6-9,20H,5,10-15H2,(H,24,27)(H,25,26). The summed E-state index contributed by atoms with van der Waals surface area (Å²) < 4.78 is 10.9. The largest absolute Gasteiger partial charge is 0.481 e. The van der Waals surface area contributed by atoms with Gasteiger partial charge in [0.05, 0.1) is 5.41 Å². The fraction of sp³-hybridized carbons (Fsp3) is 0.391. The molecule has 2 aliphatic rings. The van der Waals surface area contributed by atoms with Gasteiger partial charge in [0.1, 0.15) is 6.61 Å². The third-order valence-electron chi connectivity index (χ3n) is 6.04. The Kier molecular flexibility index (Phi) is 5.53. The molecule has 1 aliphatic heterocycles. The Bertz CT molecular complexity index is 856. The van der Waals surface area contributed by atoms with Crippen molar-refractivity contribution in [2.75, 3.05) is 26.4 Å². The van der Waals surface area contributed by atoms with Crippen molar-refractivity contribution in [1.82, 2.24) is 5.32 Å². The van der Waals surface area contributed by atoms with Crippen molar-refractivity contribution in [3.8, 4) is 11.1 Å². The highest BCUT2D eigenvalue weighted by Gasteiger charge is 2.39. The Morgan fingerprint density at radius 3 is 2.34 bits per heavy atom. The molecule has 4 rings (SSSR count). The van der Waals surface area contributed by atoms with Crippen molar-refractivity contribution >= 4 is 12.1 Å².